The number of rotatable bonds is 5. The summed E-state index contributed by atoms with van der Waals surface area (Å²) in [7, 11) is 0. The summed E-state index contributed by atoms with van der Waals surface area (Å²) in [6.45, 7) is 0. The van der Waals surface area contributed by atoms with E-state index in [2.05, 4.69) is 0 Å². The van der Waals surface area contributed by atoms with Crippen molar-refractivity contribution < 1.29 is 14.3 Å². The highest BCUT2D eigenvalue weighted by Gasteiger charge is 2.12. The van der Waals surface area contributed by atoms with Crippen LogP contribution in [0.15, 0.2) is 18.2 Å². The van der Waals surface area contributed by atoms with Gasteiger partial charge in [-0.15, -0.1) is 0 Å². The second-order valence-corrected chi connectivity index (χ2v) is 4.40. The molecule has 0 spiro atoms. The molecule has 1 atom stereocenters. The zero-order chi connectivity index (χ0) is 12.8. The van der Waals surface area contributed by atoms with Crippen LogP contribution in [-0.2, 0) is 10.5 Å². The number of benzene rings is 1. The van der Waals surface area contributed by atoms with Gasteiger partial charge in [0.05, 0.1) is 11.6 Å². The normalized spacial score (nSPS) is 11.8. The largest absolute Gasteiger partial charge is 0.480 e. The van der Waals surface area contributed by atoms with E-state index in [0.717, 1.165) is 0 Å². The molecule has 0 unspecified atom stereocenters. The van der Waals surface area contributed by atoms with Crippen molar-refractivity contribution in [2.24, 2.45) is 5.73 Å². The van der Waals surface area contributed by atoms with Gasteiger partial charge in [-0.3, -0.25) is 4.79 Å². The molecule has 4 nitrogen and oxygen atoms in total. The van der Waals surface area contributed by atoms with Crippen LogP contribution in [0, 0.1) is 17.1 Å². The molecule has 1 aromatic carbocycles. The van der Waals surface area contributed by atoms with Gasteiger partial charge in [0.15, 0.2) is 0 Å². The Morgan fingerprint density at radius 2 is 2.35 bits per heavy atom. The van der Waals surface area contributed by atoms with E-state index in [1.165, 1.54) is 30.0 Å². The third-order valence-corrected chi connectivity index (χ3v) is 3.17. The Labute approximate surface area is 102 Å². The number of nitrogens with two attached hydrogens (primary N) is 1. The molecule has 3 N–H and O–H groups in total. The van der Waals surface area contributed by atoms with Gasteiger partial charge in [-0.1, -0.05) is 0 Å². The molecular formula is C11H11FN2O2S. The quantitative estimate of drug-likeness (QED) is 0.828. The van der Waals surface area contributed by atoms with Gasteiger partial charge in [-0.05, 0) is 23.8 Å². The molecule has 0 fully saturated rings. The molecule has 0 aromatic heterocycles. The van der Waals surface area contributed by atoms with Crippen molar-refractivity contribution in [1.29, 1.82) is 5.26 Å². The first-order chi connectivity index (χ1) is 8.04. The molecular weight excluding hydrogens is 243 g/mol. The van der Waals surface area contributed by atoms with Crippen LogP contribution in [0.4, 0.5) is 4.39 Å². The first-order valence-corrected chi connectivity index (χ1v) is 5.94. The van der Waals surface area contributed by atoms with Crippen LogP contribution in [0.3, 0.4) is 0 Å². The average Bonchev–Trinajstić information content (AvgIpc) is 2.29. The van der Waals surface area contributed by atoms with E-state index in [9.17, 15) is 9.18 Å². The molecule has 0 aliphatic rings. The number of hydrogen-bond donors (Lipinski definition) is 2. The van der Waals surface area contributed by atoms with Crippen LogP contribution in [0.5, 0.6) is 0 Å². The van der Waals surface area contributed by atoms with Gasteiger partial charge in [-0.2, -0.15) is 17.0 Å². The maximum atomic E-state index is 13.0. The highest BCUT2D eigenvalue weighted by molar-refractivity contribution is 7.98. The van der Waals surface area contributed by atoms with Crippen LogP contribution < -0.4 is 5.73 Å². The van der Waals surface area contributed by atoms with Crippen molar-refractivity contribution >= 4 is 17.7 Å². The van der Waals surface area contributed by atoms with Crippen molar-refractivity contribution in [2.75, 3.05) is 5.75 Å². The SMILES string of the molecule is N#Cc1ccc(F)cc1CSC[C@@H](N)C(=O)O. The van der Waals surface area contributed by atoms with Crippen LogP contribution >= 0.6 is 11.8 Å². The monoisotopic (exact) mass is 254 g/mol. The van der Waals surface area contributed by atoms with Gasteiger partial charge in [0, 0.05) is 11.5 Å². The number of thioether (sulfide) groups is 1. The predicted molar refractivity (Wildman–Crippen MR) is 62.9 cm³/mol. The Kier molecular flexibility index (Phi) is 4.94. The molecule has 0 bridgehead atoms. The molecule has 0 aliphatic carbocycles. The topological polar surface area (TPSA) is 87.1 Å². The smallest absolute Gasteiger partial charge is 0.321 e. The maximum Gasteiger partial charge on any atom is 0.321 e. The second-order valence-electron chi connectivity index (χ2n) is 3.37. The molecule has 0 amide bonds. The zero-order valence-electron chi connectivity index (χ0n) is 8.89. The summed E-state index contributed by atoms with van der Waals surface area (Å²) in [4.78, 5) is 10.5. The second kappa shape index (κ2) is 6.23. The van der Waals surface area contributed by atoms with Crippen molar-refractivity contribution in [1.82, 2.24) is 0 Å². The fourth-order valence-electron chi connectivity index (χ4n) is 1.16. The fraction of sp³-hybridized carbons (Fsp3) is 0.273. The molecule has 90 valence electrons. The van der Waals surface area contributed by atoms with Crippen LogP contribution in [0.25, 0.3) is 0 Å². The van der Waals surface area contributed by atoms with Gasteiger partial charge in [0.2, 0.25) is 0 Å². The number of carboxylic acid groups (broad SMARTS) is 1. The predicted octanol–water partition coefficient (Wildman–Crippen LogP) is 1.34. The fourth-order valence-corrected chi connectivity index (χ4v) is 2.13. The molecule has 1 aromatic rings. The van der Waals surface area contributed by atoms with Crippen LogP contribution in [0.1, 0.15) is 11.1 Å². The molecule has 6 heteroatoms. The summed E-state index contributed by atoms with van der Waals surface area (Å²) in [5, 5.41) is 17.4. The van der Waals surface area contributed by atoms with E-state index in [4.69, 9.17) is 16.1 Å². The van der Waals surface area contributed by atoms with Gasteiger partial charge < -0.3 is 10.8 Å². The molecule has 17 heavy (non-hydrogen) atoms. The minimum atomic E-state index is -1.07. The molecule has 1 rings (SSSR count). The van der Waals surface area contributed by atoms with Crippen molar-refractivity contribution in [2.45, 2.75) is 11.8 Å². The molecule has 0 saturated carbocycles. The number of carboxylic acids is 1. The number of halogens is 1. The Bertz CT molecular complexity index is 459. The lowest BCUT2D eigenvalue weighted by atomic mass is 10.1. The average molecular weight is 254 g/mol. The van der Waals surface area contributed by atoms with Crippen molar-refractivity contribution in [3.63, 3.8) is 0 Å². The minimum Gasteiger partial charge on any atom is -0.480 e. The van der Waals surface area contributed by atoms with Gasteiger partial charge in [0.25, 0.3) is 0 Å². The van der Waals surface area contributed by atoms with Gasteiger partial charge in [0.1, 0.15) is 11.9 Å². The standard InChI is InChI=1S/C11H11FN2O2S/c12-9-2-1-7(4-13)8(3-9)5-17-6-10(14)11(15)16/h1-3,10H,5-6,14H2,(H,15,16)/t10-/m1/s1. The summed E-state index contributed by atoms with van der Waals surface area (Å²) in [5.74, 6) is -0.905. The van der Waals surface area contributed by atoms with E-state index in [1.807, 2.05) is 6.07 Å². The number of nitrogens with zero attached hydrogens (tertiary/aromatic N) is 1. The van der Waals surface area contributed by atoms with E-state index < -0.39 is 17.8 Å². The molecule has 0 aliphatic heterocycles. The van der Waals surface area contributed by atoms with Crippen LogP contribution in [0.2, 0.25) is 0 Å². The number of hydrogen-bond acceptors (Lipinski definition) is 4. The van der Waals surface area contributed by atoms with Gasteiger partial charge >= 0.3 is 5.97 Å². The van der Waals surface area contributed by atoms with Crippen LogP contribution in [-0.4, -0.2) is 22.9 Å². The first kappa shape index (κ1) is 13.5. The summed E-state index contributed by atoms with van der Waals surface area (Å²) in [6, 6.07) is 4.91. The zero-order valence-corrected chi connectivity index (χ0v) is 9.71. The van der Waals surface area contributed by atoms with E-state index >= 15 is 0 Å². The minimum absolute atomic E-state index is 0.219. The summed E-state index contributed by atoms with van der Waals surface area (Å²) >= 11 is 1.26. The van der Waals surface area contributed by atoms with E-state index in [-0.39, 0.29) is 5.75 Å². The Morgan fingerprint density at radius 1 is 1.65 bits per heavy atom. The maximum absolute atomic E-state index is 13.0. The van der Waals surface area contributed by atoms with E-state index in [1.54, 1.807) is 0 Å². The molecule has 0 heterocycles. The lowest BCUT2D eigenvalue weighted by Crippen LogP contribution is -2.32. The Morgan fingerprint density at radius 3 is 2.94 bits per heavy atom. The molecule has 0 radical (unpaired) electrons. The summed E-state index contributed by atoms with van der Waals surface area (Å²) < 4.78 is 13.0. The Balaban J connectivity index is 2.60. The molecule has 0 saturated heterocycles. The Hall–Kier alpha value is -1.58. The highest BCUT2D eigenvalue weighted by Crippen LogP contribution is 2.18. The lowest BCUT2D eigenvalue weighted by molar-refractivity contribution is -0.137. The number of carbonyl (C=O) groups is 1. The lowest BCUT2D eigenvalue weighted by Gasteiger charge is -2.07. The van der Waals surface area contributed by atoms with Crippen molar-refractivity contribution in [3.8, 4) is 6.07 Å². The van der Waals surface area contributed by atoms with Gasteiger partial charge in [-0.25, -0.2) is 4.39 Å². The van der Waals surface area contributed by atoms with E-state index in [0.29, 0.717) is 16.9 Å². The summed E-state index contributed by atoms with van der Waals surface area (Å²) in [6.07, 6.45) is 0. The number of nitriles is 1. The first-order valence-electron chi connectivity index (χ1n) is 4.79. The number of aliphatic carboxylic acids is 1. The third-order valence-electron chi connectivity index (χ3n) is 2.06. The summed E-state index contributed by atoms with van der Waals surface area (Å²) in [5.41, 5.74) is 6.26. The third kappa shape index (κ3) is 4.06. The highest BCUT2D eigenvalue weighted by atomic mass is 32.2. The van der Waals surface area contributed by atoms with Crippen molar-refractivity contribution in [3.05, 3.63) is 35.1 Å².